The summed E-state index contributed by atoms with van der Waals surface area (Å²) in [4.78, 5) is 0. The minimum Gasteiger partial charge on any atom is -0.390 e. The quantitative estimate of drug-likeness (QED) is 0.707. The molecule has 0 aromatic heterocycles. The summed E-state index contributed by atoms with van der Waals surface area (Å²) < 4.78 is 10.6. The average Bonchev–Trinajstić information content (AvgIpc) is 2.37. The fraction of sp³-hybridized carbons (Fsp3) is 0.571. The van der Waals surface area contributed by atoms with Gasteiger partial charge in [0.05, 0.1) is 6.10 Å². The molecular weight excluding hydrogens is 216 g/mol. The molecule has 1 N–H and O–H groups in total. The van der Waals surface area contributed by atoms with Gasteiger partial charge in [0.1, 0.15) is 6.10 Å². The van der Waals surface area contributed by atoms with E-state index in [1.54, 1.807) is 7.11 Å². The topological polar surface area (TPSA) is 38.7 Å². The molecule has 0 radical (unpaired) electrons. The van der Waals surface area contributed by atoms with Crippen molar-refractivity contribution >= 4 is 0 Å². The van der Waals surface area contributed by atoms with Crippen molar-refractivity contribution in [2.75, 3.05) is 20.3 Å². The van der Waals surface area contributed by atoms with Crippen molar-refractivity contribution in [3.63, 3.8) is 0 Å². The molecule has 3 heteroatoms. The van der Waals surface area contributed by atoms with Crippen LogP contribution in [0.15, 0.2) is 30.3 Å². The molecule has 0 saturated carbocycles. The Kier molecular flexibility index (Phi) is 6.86. The zero-order valence-corrected chi connectivity index (χ0v) is 10.6. The first-order valence-corrected chi connectivity index (χ1v) is 6.13. The smallest absolute Gasteiger partial charge is 0.108 e. The monoisotopic (exact) mass is 238 g/mol. The van der Waals surface area contributed by atoms with Crippen LogP contribution < -0.4 is 0 Å². The highest BCUT2D eigenvalue weighted by Crippen LogP contribution is 2.23. The SMILES string of the molecule is CCOC(c1ccccc1)C(O)CCCOC. The van der Waals surface area contributed by atoms with Gasteiger partial charge in [-0.15, -0.1) is 0 Å². The Labute approximate surface area is 103 Å². The number of rotatable bonds is 8. The summed E-state index contributed by atoms with van der Waals surface area (Å²) in [6.07, 6.45) is 0.812. The Hall–Kier alpha value is -0.900. The van der Waals surface area contributed by atoms with Crippen LogP contribution in [0.25, 0.3) is 0 Å². The molecule has 0 bridgehead atoms. The number of benzene rings is 1. The Morgan fingerprint density at radius 1 is 1.24 bits per heavy atom. The summed E-state index contributed by atoms with van der Waals surface area (Å²) in [6.45, 7) is 3.21. The number of aliphatic hydroxyl groups excluding tert-OH is 1. The van der Waals surface area contributed by atoms with Crippen LogP contribution in [0.3, 0.4) is 0 Å². The lowest BCUT2D eigenvalue weighted by Crippen LogP contribution is -2.22. The predicted octanol–water partition coefficient (Wildman–Crippen LogP) is 2.55. The first kappa shape index (κ1) is 14.2. The van der Waals surface area contributed by atoms with Crippen molar-refractivity contribution in [3.05, 3.63) is 35.9 Å². The molecule has 1 aromatic carbocycles. The molecule has 0 amide bonds. The Morgan fingerprint density at radius 3 is 2.53 bits per heavy atom. The highest BCUT2D eigenvalue weighted by atomic mass is 16.5. The van der Waals surface area contributed by atoms with E-state index in [0.717, 1.165) is 12.0 Å². The molecule has 3 nitrogen and oxygen atoms in total. The van der Waals surface area contributed by atoms with E-state index in [1.807, 2.05) is 37.3 Å². The lowest BCUT2D eigenvalue weighted by Gasteiger charge is -2.23. The van der Waals surface area contributed by atoms with Gasteiger partial charge in [-0.2, -0.15) is 0 Å². The van der Waals surface area contributed by atoms with Gasteiger partial charge >= 0.3 is 0 Å². The van der Waals surface area contributed by atoms with Crippen molar-refractivity contribution in [3.8, 4) is 0 Å². The maximum atomic E-state index is 10.1. The van der Waals surface area contributed by atoms with E-state index in [2.05, 4.69) is 0 Å². The number of hydrogen-bond acceptors (Lipinski definition) is 3. The summed E-state index contributed by atoms with van der Waals surface area (Å²) >= 11 is 0. The summed E-state index contributed by atoms with van der Waals surface area (Å²) in [6, 6.07) is 9.86. The molecule has 17 heavy (non-hydrogen) atoms. The Balaban J connectivity index is 2.58. The molecule has 0 aliphatic rings. The average molecular weight is 238 g/mol. The second-order valence-corrected chi connectivity index (χ2v) is 3.99. The van der Waals surface area contributed by atoms with Gasteiger partial charge in [0, 0.05) is 20.3 Å². The normalized spacial score (nSPS) is 14.5. The standard InChI is InChI=1S/C14H22O3/c1-3-17-14(12-8-5-4-6-9-12)13(15)10-7-11-16-2/h4-6,8-9,13-15H,3,7,10-11H2,1-2H3. The van der Waals surface area contributed by atoms with Crippen molar-refractivity contribution in [2.24, 2.45) is 0 Å². The van der Waals surface area contributed by atoms with E-state index in [-0.39, 0.29) is 6.10 Å². The van der Waals surface area contributed by atoms with Crippen molar-refractivity contribution in [1.82, 2.24) is 0 Å². The fourth-order valence-electron chi connectivity index (χ4n) is 1.84. The molecule has 0 aliphatic carbocycles. The second-order valence-electron chi connectivity index (χ2n) is 3.99. The van der Waals surface area contributed by atoms with E-state index in [9.17, 15) is 5.11 Å². The van der Waals surface area contributed by atoms with Gasteiger partial charge in [0.25, 0.3) is 0 Å². The zero-order chi connectivity index (χ0) is 12.5. The fourth-order valence-corrected chi connectivity index (χ4v) is 1.84. The highest BCUT2D eigenvalue weighted by Gasteiger charge is 2.20. The second kappa shape index (κ2) is 8.23. The van der Waals surface area contributed by atoms with E-state index in [1.165, 1.54) is 0 Å². The van der Waals surface area contributed by atoms with Gasteiger partial charge in [-0.05, 0) is 25.3 Å². The van der Waals surface area contributed by atoms with Crippen LogP contribution in [0.5, 0.6) is 0 Å². The van der Waals surface area contributed by atoms with Crippen molar-refractivity contribution in [1.29, 1.82) is 0 Å². The van der Waals surface area contributed by atoms with Crippen molar-refractivity contribution < 1.29 is 14.6 Å². The van der Waals surface area contributed by atoms with E-state index < -0.39 is 6.10 Å². The maximum absolute atomic E-state index is 10.1. The van der Waals surface area contributed by atoms with Crippen LogP contribution in [0.2, 0.25) is 0 Å². The summed E-state index contributed by atoms with van der Waals surface area (Å²) in [5.41, 5.74) is 1.03. The molecule has 0 fully saturated rings. The van der Waals surface area contributed by atoms with Crippen molar-refractivity contribution in [2.45, 2.75) is 32.0 Å². The molecule has 1 aromatic rings. The molecule has 0 spiro atoms. The number of aliphatic hydroxyl groups is 1. The zero-order valence-electron chi connectivity index (χ0n) is 10.6. The van der Waals surface area contributed by atoms with Gasteiger partial charge in [0.15, 0.2) is 0 Å². The van der Waals surface area contributed by atoms with Gasteiger partial charge in [-0.3, -0.25) is 0 Å². The minimum atomic E-state index is -0.479. The summed E-state index contributed by atoms with van der Waals surface area (Å²) in [7, 11) is 1.67. The molecule has 96 valence electrons. The van der Waals surface area contributed by atoms with Gasteiger partial charge in [-0.25, -0.2) is 0 Å². The van der Waals surface area contributed by atoms with Gasteiger partial charge < -0.3 is 14.6 Å². The van der Waals surface area contributed by atoms with Crippen LogP contribution in [0, 0.1) is 0 Å². The third-order valence-electron chi connectivity index (χ3n) is 2.67. The van der Waals surface area contributed by atoms with E-state index in [0.29, 0.717) is 19.6 Å². The molecule has 2 atom stereocenters. The minimum absolute atomic E-state index is 0.238. The predicted molar refractivity (Wildman–Crippen MR) is 67.9 cm³/mol. The van der Waals surface area contributed by atoms with E-state index >= 15 is 0 Å². The molecule has 2 unspecified atom stereocenters. The van der Waals surface area contributed by atoms with E-state index in [4.69, 9.17) is 9.47 Å². The summed E-state index contributed by atoms with van der Waals surface area (Å²) in [5, 5.41) is 10.1. The lowest BCUT2D eigenvalue weighted by molar-refractivity contribution is -0.0402. The molecular formula is C14H22O3. The van der Waals surface area contributed by atoms with Gasteiger partial charge in [0.2, 0.25) is 0 Å². The highest BCUT2D eigenvalue weighted by molar-refractivity contribution is 5.18. The molecule has 0 aliphatic heterocycles. The van der Waals surface area contributed by atoms with Crippen LogP contribution in [0.1, 0.15) is 31.4 Å². The Morgan fingerprint density at radius 2 is 1.94 bits per heavy atom. The number of ether oxygens (including phenoxy) is 2. The van der Waals surface area contributed by atoms with Gasteiger partial charge in [-0.1, -0.05) is 30.3 Å². The van der Waals surface area contributed by atoms with Crippen LogP contribution >= 0.6 is 0 Å². The third-order valence-corrected chi connectivity index (χ3v) is 2.67. The lowest BCUT2D eigenvalue weighted by atomic mass is 10.0. The number of methoxy groups -OCH3 is 1. The third kappa shape index (κ3) is 4.86. The maximum Gasteiger partial charge on any atom is 0.108 e. The van der Waals surface area contributed by atoms with Crippen LogP contribution in [0.4, 0.5) is 0 Å². The first-order valence-electron chi connectivity index (χ1n) is 6.13. The molecule has 0 saturated heterocycles. The number of hydrogen-bond donors (Lipinski definition) is 1. The first-order chi connectivity index (χ1) is 8.29. The summed E-state index contributed by atoms with van der Waals surface area (Å²) in [5.74, 6) is 0. The molecule has 0 heterocycles. The largest absolute Gasteiger partial charge is 0.390 e. The molecule has 1 rings (SSSR count). The van der Waals surface area contributed by atoms with Crippen LogP contribution in [-0.4, -0.2) is 31.5 Å². The van der Waals surface area contributed by atoms with Crippen LogP contribution in [-0.2, 0) is 9.47 Å². The Bertz CT molecular complexity index is 287.